The van der Waals surface area contributed by atoms with Gasteiger partial charge in [-0.15, -0.1) is 0 Å². The maximum atomic E-state index is 12.5. The molecule has 0 saturated heterocycles. The van der Waals surface area contributed by atoms with E-state index in [4.69, 9.17) is 0 Å². The Bertz CT molecular complexity index is 974. The number of unbranched alkanes of at least 4 members (excludes halogenated alkanes) is 33. The van der Waals surface area contributed by atoms with E-state index in [2.05, 4.69) is 55.6 Å². The molecule has 3 atom stereocenters. The highest BCUT2D eigenvalue weighted by atomic mass is 16.3. The van der Waals surface area contributed by atoms with E-state index >= 15 is 0 Å². The van der Waals surface area contributed by atoms with E-state index < -0.39 is 18.2 Å². The van der Waals surface area contributed by atoms with E-state index in [1.165, 1.54) is 205 Å². The molecule has 352 valence electrons. The van der Waals surface area contributed by atoms with Gasteiger partial charge in [0.2, 0.25) is 5.91 Å². The Hall–Kier alpha value is -1.69. The topological polar surface area (TPSA) is 89.8 Å². The number of allylic oxidation sites excluding steroid dienone is 7. The maximum absolute atomic E-state index is 12.5. The van der Waals surface area contributed by atoms with Gasteiger partial charge in [0.15, 0.2) is 0 Å². The van der Waals surface area contributed by atoms with Crippen LogP contribution in [0, 0.1) is 0 Å². The van der Waals surface area contributed by atoms with Crippen molar-refractivity contribution in [3.05, 3.63) is 48.6 Å². The number of amides is 1. The summed E-state index contributed by atoms with van der Waals surface area (Å²) in [5.74, 6) is -0.328. The number of hydrogen-bond donors (Lipinski definition) is 4. The van der Waals surface area contributed by atoms with E-state index in [0.717, 1.165) is 38.5 Å². The number of carbonyl (C=O) groups excluding carboxylic acids is 1. The molecule has 1 amide bonds. The molecular weight excluding hydrogens is 739 g/mol. The molecule has 60 heavy (non-hydrogen) atoms. The van der Waals surface area contributed by atoms with Gasteiger partial charge in [-0.05, 0) is 70.6 Å². The quantitative estimate of drug-likeness (QED) is 0.0363. The Kier molecular flexibility index (Phi) is 48.6. The molecule has 0 aromatic carbocycles. The molecule has 0 aromatic heterocycles. The molecule has 0 fully saturated rings. The zero-order valence-corrected chi connectivity index (χ0v) is 40.1. The van der Waals surface area contributed by atoms with Crippen LogP contribution < -0.4 is 5.32 Å². The Labute approximate surface area is 374 Å². The zero-order valence-electron chi connectivity index (χ0n) is 40.1. The summed E-state index contributed by atoms with van der Waals surface area (Å²) >= 11 is 0. The van der Waals surface area contributed by atoms with Crippen molar-refractivity contribution < 1.29 is 20.1 Å². The number of nitrogens with one attached hydrogen (secondary N) is 1. The number of aliphatic hydroxyl groups excluding tert-OH is 3. The van der Waals surface area contributed by atoms with Crippen molar-refractivity contribution >= 4 is 5.91 Å². The van der Waals surface area contributed by atoms with Crippen LogP contribution in [0.1, 0.15) is 271 Å². The SMILES string of the molecule is CCCCCCCCCC/C=C/CC/C=C/CC/C=C/C(O)C(CO)NC(=O)CC(O)CCCCCCCCCCCCC/C=C\CCCCCCCCCCCCCC. The highest BCUT2D eigenvalue weighted by Crippen LogP contribution is 2.16. The molecule has 4 N–H and O–H groups in total. The fourth-order valence-electron chi connectivity index (χ4n) is 8.01. The molecule has 0 bridgehead atoms. The largest absolute Gasteiger partial charge is 0.394 e. The van der Waals surface area contributed by atoms with Crippen molar-refractivity contribution in [3.63, 3.8) is 0 Å². The molecule has 0 radical (unpaired) electrons. The molecule has 0 heterocycles. The summed E-state index contributed by atoms with van der Waals surface area (Å²) in [6.45, 7) is 4.21. The average molecular weight is 842 g/mol. The van der Waals surface area contributed by atoms with Gasteiger partial charge in [0.1, 0.15) is 0 Å². The lowest BCUT2D eigenvalue weighted by Gasteiger charge is -2.21. The minimum Gasteiger partial charge on any atom is -0.394 e. The summed E-state index contributed by atoms with van der Waals surface area (Å²) in [6.07, 6.45) is 65.7. The van der Waals surface area contributed by atoms with Crippen LogP contribution >= 0.6 is 0 Å². The standard InChI is InChI=1S/C55H103NO4/c1-3-5-7-9-11-13-15-17-19-21-23-24-25-26-27-28-29-30-31-32-34-36-38-40-42-44-46-48-52(58)50-55(60)56-53(51-57)54(59)49-47-45-43-41-39-37-35-33-22-20-18-16-14-12-10-8-6-4-2/h22,26-27,33,39,41,47,49,52-54,57-59H,3-21,23-25,28-32,34-38,40,42-46,48,50-51H2,1-2H3,(H,56,60)/b27-26-,33-22+,41-39+,49-47+. The number of hydrogen-bond acceptors (Lipinski definition) is 4. The predicted octanol–water partition coefficient (Wildman–Crippen LogP) is 16.1. The molecule has 5 nitrogen and oxygen atoms in total. The molecule has 0 spiro atoms. The fourth-order valence-corrected chi connectivity index (χ4v) is 8.01. The fraction of sp³-hybridized carbons (Fsp3) is 0.836. The molecule has 0 aliphatic carbocycles. The average Bonchev–Trinajstić information content (AvgIpc) is 3.24. The normalized spacial score (nSPS) is 13.8. The second-order valence-electron chi connectivity index (χ2n) is 18.1. The van der Waals surface area contributed by atoms with Crippen molar-refractivity contribution in [1.29, 1.82) is 0 Å². The Morgan fingerprint density at radius 1 is 0.417 bits per heavy atom. The van der Waals surface area contributed by atoms with Gasteiger partial charge in [-0.25, -0.2) is 0 Å². The summed E-state index contributed by atoms with van der Waals surface area (Å²) in [6, 6.07) is -0.769. The van der Waals surface area contributed by atoms with Crippen molar-refractivity contribution in [3.8, 4) is 0 Å². The molecule has 0 rings (SSSR count). The number of carbonyl (C=O) groups is 1. The summed E-state index contributed by atoms with van der Waals surface area (Å²) in [5.41, 5.74) is 0. The second kappa shape index (κ2) is 50.0. The lowest BCUT2D eigenvalue weighted by Crippen LogP contribution is -2.45. The summed E-state index contributed by atoms with van der Waals surface area (Å²) in [7, 11) is 0. The third-order valence-corrected chi connectivity index (χ3v) is 12.1. The highest BCUT2D eigenvalue weighted by Gasteiger charge is 2.20. The monoisotopic (exact) mass is 842 g/mol. The zero-order chi connectivity index (χ0) is 43.7. The van der Waals surface area contributed by atoms with Crippen LogP contribution in [0.3, 0.4) is 0 Å². The molecule has 0 saturated carbocycles. The second-order valence-corrected chi connectivity index (χ2v) is 18.1. The van der Waals surface area contributed by atoms with Crippen LogP contribution in [0.25, 0.3) is 0 Å². The van der Waals surface area contributed by atoms with Crippen LogP contribution in [0.15, 0.2) is 48.6 Å². The van der Waals surface area contributed by atoms with E-state index in [-0.39, 0.29) is 18.9 Å². The van der Waals surface area contributed by atoms with Gasteiger partial charge in [-0.1, -0.05) is 242 Å². The first-order chi connectivity index (χ1) is 29.5. The first kappa shape index (κ1) is 58.3. The Morgan fingerprint density at radius 3 is 1.07 bits per heavy atom. The van der Waals surface area contributed by atoms with E-state index in [1.54, 1.807) is 6.08 Å². The minimum absolute atomic E-state index is 0.00186. The van der Waals surface area contributed by atoms with E-state index in [0.29, 0.717) is 6.42 Å². The minimum atomic E-state index is -0.961. The van der Waals surface area contributed by atoms with Gasteiger partial charge >= 0.3 is 0 Å². The van der Waals surface area contributed by atoms with Gasteiger partial charge in [0, 0.05) is 0 Å². The third-order valence-electron chi connectivity index (χ3n) is 12.1. The number of aliphatic hydroxyl groups is 3. The van der Waals surface area contributed by atoms with Crippen molar-refractivity contribution in [1.82, 2.24) is 5.32 Å². The van der Waals surface area contributed by atoms with Gasteiger partial charge in [0.05, 0.1) is 31.3 Å². The lowest BCUT2D eigenvalue weighted by molar-refractivity contribution is -0.124. The smallest absolute Gasteiger partial charge is 0.222 e. The molecular formula is C55H103NO4. The van der Waals surface area contributed by atoms with Gasteiger partial charge in [0.25, 0.3) is 0 Å². The van der Waals surface area contributed by atoms with E-state index in [1.807, 2.05) is 6.08 Å². The van der Waals surface area contributed by atoms with Crippen molar-refractivity contribution in [2.75, 3.05) is 6.61 Å². The highest BCUT2D eigenvalue weighted by molar-refractivity contribution is 5.76. The Morgan fingerprint density at radius 2 is 0.717 bits per heavy atom. The molecule has 3 unspecified atom stereocenters. The van der Waals surface area contributed by atoms with Gasteiger partial charge in [-0.2, -0.15) is 0 Å². The van der Waals surface area contributed by atoms with Crippen LogP contribution in [0.4, 0.5) is 0 Å². The van der Waals surface area contributed by atoms with Crippen molar-refractivity contribution in [2.45, 2.75) is 289 Å². The summed E-state index contributed by atoms with van der Waals surface area (Å²) < 4.78 is 0. The first-order valence-corrected chi connectivity index (χ1v) is 26.4. The summed E-state index contributed by atoms with van der Waals surface area (Å²) in [4.78, 5) is 12.5. The Balaban J connectivity index is 3.62. The van der Waals surface area contributed by atoms with E-state index in [9.17, 15) is 20.1 Å². The molecule has 0 aliphatic heterocycles. The molecule has 5 heteroatoms. The number of rotatable bonds is 48. The maximum Gasteiger partial charge on any atom is 0.222 e. The van der Waals surface area contributed by atoms with Crippen molar-refractivity contribution in [2.24, 2.45) is 0 Å². The lowest BCUT2D eigenvalue weighted by atomic mass is 10.0. The molecule has 0 aliphatic rings. The third kappa shape index (κ3) is 45.8. The van der Waals surface area contributed by atoms with Gasteiger partial charge < -0.3 is 20.6 Å². The van der Waals surface area contributed by atoms with Gasteiger partial charge in [-0.3, -0.25) is 4.79 Å². The van der Waals surface area contributed by atoms with Crippen LogP contribution in [-0.4, -0.2) is 46.1 Å². The molecule has 0 aromatic rings. The predicted molar refractivity (Wildman–Crippen MR) is 264 cm³/mol. The summed E-state index contributed by atoms with van der Waals surface area (Å²) in [5, 5.41) is 33.3. The van der Waals surface area contributed by atoms with Crippen LogP contribution in [-0.2, 0) is 4.79 Å². The van der Waals surface area contributed by atoms with Crippen LogP contribution in [0.2, 0.25) is 0 Å². The van der Waals surface area contributed by atoms with Crippen LogP contribution in [0.5, 0.6) is 0 Å². The first-order valence-electron chi connectivity index (χ1n) is 26.4.